The zero-order valence-electron chi connectivity index (χ0n) is 11.9. The first-order valence-corrected chi connectivity index (χ1v) is 7.31. The second-order valence-electron chi connectivity index (χ2n) is 5.33. The van der Waals surface area contributed by atoms with Crippen molar-refractivity contribution in [3.8, 4) is 0 Å². The highest BCUT2D eigenvalue weighted by atomic mass is 16.2. The van der Waals surface area contributed by atoms with Crippen LogP contribution in [0.25, 0.3) is 0 Å². The van der Waals surface area contributed by atoms with Gasteiger partial charge in [-0.05, 0) is 30.4 Å². The topological polar surface area (TPSA) is 46.3 Å². The molecule has 2 rings (SSSR count). The van der Waals surface area contributed by atoms with Crippen molar-refractivity contribution in [1.29, 1.82) is 0 Å². The zero-order chi connectivity index (χ0) is 13.8. The van der Waals surface area contributed by atoms with Gasteiger partial charge in [0.1, 0.15) is 0 Å². The molecular formula is C16H24N2O. The molecule has 19 heavy (non-hydrogen) atoms. The van der Waals surface area contributed by atoms with Crippen molar-refractivity contribution in [1.82, 2.24) is 4.90 Å². The predicted molar refractivity (Wildman–Crippen MR) is 77.8 cm³/mol. The molecule has 0 aromatic heterocycles. The van der Waals surface area contributed by atoms with Crippen molar-refractivity contribution in [3.05, 3.63) is 35.4 Å². The molecule has 0 spiro atoms. The number of rotatable bonds is 4. The highest BCUT2D eigenvalue weighted by Crippen LogP contribution is 2.31. The summed E-state index contributed by atoms with van der Waals surface area (Å²) >= 11 is 0. The van der Waals surface area contributed by atoms with Crippen LogP contribution in [0.2, 0.25) is 0 Å². The third-order valence-corrected chi connectivity index (χ3v) is 3.95. The Morgan fingerprint density at radius 1 is 1.26 bits per heavy atom. The number of aryl methyl sites for hydroxylation is 1. The van der Waals surface area contributed by atoms with Gasteiger partial charge in [0.05, 0.1) is 6.04 Å². The van der Waals surface area contributed by atoms with E-state index in [4.69, 9.17) is 5.73 Å². The van der Waals surface area contributed by atoms with E-state index in [9.17, 15) is 4.79 Å². The summed E-state index contributed by atoms with van der Waals surface area (Å²) in [5, 5.41) is 0. The van der Waals surface area contributed by atoms with Crippen LogP contribution in [-0.4, -0.2) is 23.4 Å². The van der Waals surface area contributed by atoms with Gasteiger partial charge in [0.2, 0.25) is 5.91 Å². The number of carbonyl (C=O) groups is 1. The fourth-order valence-electron chi connectivity index (χ4n) is 2.86. The Kier molecular flexibility index (Phi) is 4.59. The molecule has 1 amide bonds. The molecule has 0 bridgehead atoms. The SMILES string of the molecule is CCCN1C(=O)CCC(N)C1c1ccc(CC)cc1. The van der Waals surface area contributed by atoms with Crippen LogP contribution in [0.5, 0.6) is 0 Å². The summed E-state index contributed by atoms with van der Waals surface area (Å²) in [5.74, 6) is 0.244. The van der Waals surface area contributed by atoms with Crippen LogP contribution in [0.1, 0.15) is 50.3 Å². The predicted octanol–water partition coefficient (Wildman–Crippen LogP) is 2.65. The summed E-state index contributed by atoms with van der Waals surface area (Å²) in [6.07, 6.45) is 3.39. The molecule has 0 radical (unpaired) electrons. The minimum absolute atomic E-state index is 0.0482. The van der Waals surface area contributed by atoms with Gasteiger partial charge >= 0.3 is 0 Å². The average Bonchev–Trinajstić information content (AvgIpc) is 2.44. The molecular weight excluding hydrogens is 236 g/mol. The van der Waals surface area contributed by atoms with Crippen LogP contribution in [0, 0.1) is 0 Å². The van der Waals surface area contributed by atoms with Crippen LogP contribution in [0.15, 0.2) is 24.3 Å². The van der Waals surface area contributed by atoms with Gasteiger partial charge in [0.15, 0.2) is 0 Å². The van der Waals surface area contributed by atoms with Crippen molar-refractivity contribution in [2.75, 3.05) is 6.54 Å². The summed E-state index contributed by atoms with van der Waals surface area (Å²) < 4.78 is 0. The standard InChI is InChI=1S/C16H24N2O/c1-3-11-18-15(19)10-9-14(17)16(18)13-7-5-12(4-2)6-8-13/h5-8,14,16H,3-4,9-11,17H2,1-2H3. The Balaban J connectivity index is 2.27. The lowest BCUT2D eigenvalue weighted by Crippen LogP contribution is -2.49. The molecule has 1 aliphatic rings. The maximum absolute atomic E-state index is 12.1. The first-order chi connectivity index (χ1) is 9.17. The van der Waals surface area contributed by atoms with Crippen molar-refractivity contribution >= 4 is 5.91 Å². The minimum atomic E-state index is 0.0482. The number of carbonyl (C=O) groups excluding carboxylic acids is 1. The number of hydrogen-bond donors (Lipinski definition) is 1. The van der Waals surface area contributed by atoms with Gasteiger partial charge in [-0.2, -0.15) is 0 Å². The van der Waals surface area contributed by atoms with E-state index >= 15 is 0 Å². The number of nitrogens with two attached hydrogens (primary N) is 1. The lowest BCUT2D eigenvalue weighted by molar-refractivity contribution is -0.137. The largest absolute Gasteiger partial charge is 0.334 e. The molecule has 1 aliphatic heterocycles. The first kappa shape index (κ1) is 14.1. The highest BCUT2D eigenvalue weighted by Gasteiger charge is 2.34. The molecule has 1 aromatic rings. The number of hydrogen-bond acceptors (Lipinski definition) is 2. The summed E-state index contributed by atoms with van der Waals surface area (Å²) in [5.41, 5.74) is 8.76. The lowest BCUT2D eigenvalue weighted by atomic mass is 9.90. The van der Waals surface area contributed by atoms with Crippen LogP contribution in [0.3, 0.4) is 0 Å². The molecule has 0 saturated carbocycles. The second-order valence-corrected chi connectivity index (χ2v) is 5.33. The smallest absolute Gasteiger partial charge is 0.223 e. The van der Waals surface area contributed by atoms with Gasteiger partial charge in [-0.1, -0.05) is 38.1 Å². The van der Waals surface area contributed by atoms with Crippen molar-refractivity contribution < 1.29 is 4.79 Å². The van der Waals surface area contributed by atoms with E-state index in [0.29, 0.717) is 6.42 Å². The molecule has 2 atom stereocenters. The lowest BCUT2D eigenvalue weighted by Gasteiger charge is -2.40. The summed E-state index contributed by atoms with van der Waals surface area (Å²) in [6.45, 7) is 5.05. The van der Waals surface area contributed by atoms with Gasteiger partial charge in [-0.3, -0.25) is 4.79 Å². The number of benzene rings is 1. The van der Waals surface area contributed by atoms with Crippen LogP contribution < -0.4 is 5.73 Å². The Hall–Kier alpha value is -1.35. The number of amides is 1. The number of piperidine rings is 1. The Morgan fingerprint density at radius 3 is 2.53 bits per heavy atom. The van der Waals surface area contributed by atoms with Crippen LogP contribution >= 0.6 is 0 Å². The molecule has 1 aromatic carbocycles. The fourth-order valence-corrected chi connectivity index (χ4v) is 2.86. The van der Waals surface area contributed by atoms with Crippen LogP contribution in [0.4, 0.5) is 0 Å². The van der Waals surface area contributed by atoms with E-state index in [1.165, 1.54) is 11.1 Å². The summed E-state index contributed by atoms with van der Waals surface area (Å²) in [6, 6.07) is 8.65. The van der Waals surface area contributed by atoms with E-state index < -0.39 is 0 Å². The average molecular weight is 260 g/mol. The van der Waals surface area contributed by atoms with Gasteiger partial charge in [-0.25, -0.2) is 0 Å². The Labute approximate surface area is 115 Å². The van der Waals surface area contributed by atoms with E-state index in [1.54, 1.807) is 0 Å². The molecule has 1 heterocycles. The second kappa shape index (κ2) is 6.20. The normalized spacial score (nSPS) is 23.7. The van der Waals surface area contributed by atoms with E-state index in [0.717, 1.165) is 25.8 Å². The third-order valence-electron chi connectivity index (χ3n) is 3.95. The molecule has 104 valence electrons. The fraction of sp³-hybridized carbons (Fsp3) is 0.562. The quantitative estimate of drug-likeness (QED) is 0.904. The maximum atomic E-state index is 12.1. The van der Waals surface area contributed by atoms with E-state index in [2.05, 4.69) is 38.1 Å². The third kappa shape index (κ3) is 2.98. The monoisotopic (exact) mass is 260 g/mol. The zero-order valence-corrected chi connectivity index (χ0v) is 11.9. The van der Waals surface area contributed by atoms with Crippen molar-refractivity contribution in [2.24, 2.45) is 5.73 Å². The van der Waals surface area contributed by atoms with Gasteiger partial charge in [0, 0.05) is 19.0 Å². The van der Waals surface area contributed by atoms with Crippen LogP contribution in [-0.2, 0) is 11.2 Å². The van der Waals surface area contributed by atoms with Gasteiger partial charge < -0.3 is 10.6 Å². The molecule has 3 nitrogen and oxygen atoms in total. The van der Waals surface area contributed by atoms with Crippen molar-refractivity contribution in [2.45, 2.75) is 51.6 Å². The molecule has 2 N–H and O–H groups in total. The number of likely N-dealkylation sites (tertiary alicyclic amines) is 1. The van der Waals surface area contributed by atoms with Gasteiger partial charge in [0.25, 0.3) is 0 Å². The highest BCUT2D eigenvalue weighted by molar-refractivity contribution is 5.78. The number of nitrogens with zero attached hydrogens (tertiary/aromatic N) is 1. The minimum Gasteiger partial charge on any atom is -0.334 e. The molecule has 0 aliphatic carbocycles. The van der Waals surface area contributed by atoms with E-state index in [1.807, 2.05) is 4.90 Å². The Bertz CT molecular complexity index is 427. The van der Waals surface area contributed by atoms with Gasteiger partial charge in [-0.15, -0.1) is 0 Å². The molecule has 2 unspecified atom stereocenters. The molecule has 3 heteroatoms. The summed E-state index contributed by atoms with van der Waals surface area (Å²) in [7, 11) is 0. The molecule has 1 fully saturated rings. The van der Waals surface area contributed by atoms with E-state index in [-0.39, 0.29) is 18.0 Å². The maximum Gasteiger partial charge on any atom is 0.223 e. The summed E-state index contributed by atoms with van der Waals surface area (Å²) in [4.78, 5) is 14.1. The van der Waals surface area contributed by atoms with Crippen molar-refractivity contribution in [3.63, 3.8) is 0 Å². The molecule has 1 saturated heterocycles. The first-order valence-electron chi connectivity index (χ1n) is 7.31. The Morgan fingerprint density at radius 2 is 1.95 bits per heavy atom.